The van der Waals surface area contributed by atoms with Crippen LogP contribution in [0.4, 0.5) is 11.4 Å². The Hall–Kier alpha value is -3.60. The van der Waals surface area contributed by atoms with Gasteiger partial charge >= 0.3 is 0 Å². The first-order chi connectivity index (χ1) is 14.7. The van der Waals surface area contributed by atoms with E-state index in [2.05, 4.69) is 27.8 Å². The van der Waals surface area contributed by atoms with Gasteiger partial charge in [0.2, 0.25) is 0 Å². The summed E-state index contributed by atoms with van der Waals surface area (Å²) in [6, 6.07) is 19.9. The van der Waals surface area contributed by atoms with Crippen molar-refractivity contribution in [2.24, 2.45) is 0 Å². The SMILES string of the molecule is COc1ccc([C@@H]2CC(=O)C3=C(C2)Nc2ccccc2N[C@@H]3c2ccncc2)cc1. The monoisotopic (exact) mass is 397 g/mol. The van der Waals surface area contributed by atoms with Crippen LogP contribution in [0.3, 0.4) is 0 Å². The number of pyridine rings is 1. The maximum Gasteiger partial charge on any atom is 0.163 e. The number of para-hydroxylation sites is 2. The van der Waals surface area contributed by atoms with Crippen molar-refractivity contribution < 1.29 is 9.53 Å². The van der Waals surface area contributed by atoms with Crippen molar-refractivity contribution in [1.29, 1.82) is 0 Å². The van der Waals surface area contributed by atoms with E-state index in [1.807, 2.05) is 48.5 Å². The Labute approximate surface area is 175 Å². The Bertz CT molecular complexity index is 1110. The zero-order chi connectivity index (χ0) is 20.5. The van der Waals surface area contributed by atoms with Crippen LogP contribution in [0.25, 0.3) is 0 Å². The average Bonchev–Trinajstić information content (AvgIpc) is 2.96. The highest BCUT2D eigenvalue weighted by Crippen LogP contribution is 2.44. The number of ketones is 1. The lowest BCUT2D eigenvalue weighted by molar-refractivity contribution is -0.116. The molecule has 1 aromatic heterocycles. The number of benzene rings is 2. The van der Waals surface area contributed by atoms with E-state index < -0.39 is 0 Å². The smallest absolute Gasteiger partial charge is 0.163 e. The third kappa shape index (κ3) is 3.32. The number of nitrogens with zero attached hydrogens (tertiary/aromatic N) is 1. The van der Waals surface area contributed by atoms with Crippen LogP contribution in [0.2, 0.25) is 0 Å². The van der Waals surface area contributed by atoms with Crippen molar-refractivity contribution in [1.82, 2.24) is 4.98 Å². The van der Waals surface area contributed by atoms with Crippen molar-refractivity contribution in [3.63, 3.8) is 0 Å². The highest BCUT2D eigenvalue weighted by atomic mass is 16.5. The van der Waals surface area contributed by atoms with E-state index in [4.69, 9.17) is 4.74 Å². The molecule has 5 nitrogen and oxygen atoms in total. The van der Waals surface area contributed by atoms with Crippen molar-refractivity contribution in [2.75, 3.05) is 17.7 Å². The standard InChI is InChI=1S/C25H23N3O2/c1-30-19-8-6-16(7-9-19)18-14-22-24(23(29)15-18)25(17-10-12-26-13-11-17)28-21-5-3-2-4-20(21)27-22/h2-13,18,25,27-28H,14-15H2,1H3/t18-,25+/m0/s1. The zero-order valence-corrected chi connectivity index (χ0v) is 16.8. The van der Waals surface area contributed by atoms with E-state index in [0.717, 1.165) is 45.9 Å². The number of allylic oxidation sites excluding steroid dienone is 1. The van der Waals surface area contributed by atoms with Gasteiger partial charge in [-0.25, -0.2) is 0 Å². The fraction of sp³-hybridized carbons (Fsp3) is 0.200. The van der Waals surface area contributed by atoms with Gasteiger partial charge in [0, 0.05) is 30.1 Å². The molecule has 5 heteroatoms. The molecule has 0 fully saturated rings. The normalized spacial score (nSPS) is 20.4. The van der Waals surface area contributed by atoms with Crippen molar-refractivity contribution in [3.05, 3.63) is 95.5 Å². The molecule has 2 N–H and O–H groups in total. The molecule has 2 heterocycles. The van der Waals surface area contributed by atoms with Crippen LogP contribution in [0.1, 0.15) is 35.9 Å². The summed E-state index contributed by atoms with van der Waals surface area (Å²) in [4.78, 5) is 17.6. The number of rotatable bonds is 3. The summed E-state index contributed by atoms with van der Waals surface area (Å²) in [6.07, 6.45) is 4.82. The molecule has 0 amide bonds. The predicted molar refractivity (Wildman–Crippen MR) is 118 cm³/mol. The van der Waals surface area contributed by atoms with Gasteiger partial charge < -0.3 is 15.4 Å². The van der Waals surface area contributed by atoms with Crippen molar-refractivity contribution >= 4 is 17.2 Å². The second-order valence-corrected chi connectivity index (χ2v) is 7.72. The number of carbonyl (C=O) groups excluding carboxylic acids is 1. The molecule has 1 aliphatic heterocycles. The fourth-order valence-electron chi connectivity index (χ4n) is 4.41. The molecule has 2 atom stereocenters. The molecule has 0 radical (unpaired) electrons. The third-order valence-electron chi connectivity index (χ3n) is 5.94. The van der Waals surface area contributed by atoms with Gasteiger partial charge in [0.05, 0.1) is 24.5 Å². The summed E-state index contributed by atoms with van der Waals surface area (Å²) < 4.78 is 5.28. The second kappa shape index (κ2) is 7.67. The minimum absolute atomic E-state index is 0.137. The van der Waals surface area contributed by atoms with Crippen molar-refractivity contribution in [2.45, 2.75) is 24.8 Å². The molecular weight excluding hydrogens is 374 g/mol. The van der Waals surface area contributed by atoms with Gasteiger partial charge in [0.15, 0.2) is 5.78 Å². The second-order valence-electron chi connectivity index (χ2n) is 7.72. The molecule has 0 saturated heterocycles. The van der Waals surface area contributed by atoms with Crippen LogP contribution < -0.4 is 15.4 Å². The average molecular weight is 397 g/mol. The maximum absolute atomic E-state index is 13.4. The first kappa shape index (κ1) is 18.4. The van der Waals surface area contributed by atoms with E-state index in [9.17, 15) is 4.79 Å². The quantitative estimate of drug-likeness (QED) is 0.646. The summed E-state index contributed by atoms with van der Waals surface area (Å²) in [7, 11) is 1.66. The number of hydrogen-bond donors (Lipinski definition) is 2. The van der Waals surface area contributed by atoms with Crippen LogP contribution in [0.5, 0.6) is 5.75 Å². The molecule has 0 bridgehead atoms. The van der Waals surface area contributed by atoms with Crippen LogP contribution in [-0.4, -0.2) is 17.9 Å². The minimum atomic E-state index is -0.205. The number of nitrogens with one attached hydrogen (secondary N) is 2. The molecular formula is C25H23N3O2. The van der Waals surface area contributed by atoms with E-state index in [0.29, 0.717) is 6.42 Å². The zero-order valence-electron chi connectivity index (χ0n) is 16.8. The summed E-state index contributed by atoms with van der Waals surface area (Å²) >= 11 is 0. The van der Waals surface area contributed by atoms with Gasteiger partial charge in [-0.05, 0) is 59.9 Å². The fourth-order valence-corrected chi connectivity index (χ4v) is 4.41. The number of carbonyl (C=O) groups is 1. The van der Waals surface area contributed by atoms with Crippen LogP contribution in [0, 0.1) is 0 Å². The van der Waals surface area contributed by atoms with Gasteiger partial charge in [0.1, 0.15) is 5.75 Å². The first-order valence-electron chi connectivity index (χ1n) is 10.2. The lowest BCUT2D eigenvalue weighted by atomic mass is 9.78. The molecule has 2 aliphatic rings. The highest BCUT2D eigenvalue weighted by Gasteiger charge is 2.35. The van der Waals surface area contributed by atoms with E-state index >= 15 is 0 Å². The molecule has 3 aromatic rings. The summed E-state index contributed by atoms with van der Waals surface area (Å²) in [5, 5.41) is 7.16. The molecule has 30 heavy (non-hydrogen) atoms. The van der Waals surface area contributed by atoms with Gasteiger partial charge in [-0.2, -0.15) is 0 Å². The molecule has 0 unspecified atom stereocenters. The summed E-state index contributed by atoms with van der Waals surface area (Å²) in [5.74, 6) is 1.13. The van der Waals surface area contributed by atoms with E-state index in [-0.39, 0.29) is 17.7 Å². The summed E-state index contributed by atoms with van der Waals surface area (Å²) in [5.41, 5.74) is 5.98. The number of ether oxygens (including phenoxy) is 1. The van der Waals surface area contributed by atoms with Gasteiger partial charge in [0.25, 0.3) is 0 Å². The molecule has 0 saturated carbocycles. The Morgan fingerprint density at radius 2 is 1.63 bits per heavy atom. The van der Waals surface area contributed by atoms with Crippen LogP contribution in [-0.2, 0) is 4.79 Å². The topological polar surface area (TPSA) is 63.2 Å². The van der Waals surface area contributed by atoms with Gasteiger partial charge in [-0.1, -0.05) is 24.3 Å². The van der Waals surface area contributed by atoms with Gasteiger partial charge in [-0.3, -0.25) is 9.78 Å². The lowest BCUT2D eigenvalue weighted by Crippen LogP contribution is -2.26. The minimum Gasteiger partial charge on any atom is -0.497 e. The number of aromatic nitrogens is 1. The number of methoxy groups -OCH3 is 1. The number of anilines is 2. The Morgan fingerprint density at radius 1 is 0.900 bits per heavy atom. The summed E-state index contributed by atoms with van der Waals surface area (Å²) in [6.45, 7) is 0. The van der Waals surface area contributed by atoms with Crippen LogP contribution >= 0.6 is 0 Å². The largest absolute Gasteiger partial charge is 0.497 e. The molecule has 0 spiro atoms. The number of fused-ring (bicyclic) bond motifs is 1. The molecule has 150 valence electrons. The Balaban J connectivity index is 1.57. The third-order valence-corrected chi connectivity index (χ3v) is 5.94. The van der Waals surface area contributed by atoms with E-state index in [1.165, 1.54) is 0 Å². The molecule has 2 aromatic carbocycles. The highest BCUT2D eigenvalue weighted by molar-refractivity contribution is 6.01. The van der Waals surface area contributed by atoms with Gasteiger partial charge in [-0.15, -0.1) is 0 Å². The first-order valence-corrected chi connectivity index (χ1v) is 10.2. The molecule has 5 rings (SSSR count). The maximum atomic E-state index is 13.4. The van der Waals surface area contributed by atoms with Crippen LogP contribution in [0.15, 0.2) is 84.3 Å². The lowest BCUT2D eigenvalue weighted by Gasteiger charge is -2.30. The predicted octanol–water partition coefficient (Wildman–Crippen LogP) is 5.07. The Morgan fingerprint density at radius 3 is 2.37 bits per heavy atom. The van der Waals surface area contributed by atoms with E-state index in [1.54, 1.807) is 19.5 Å². The number of hydrogen-bond acceptors (Lipinski definition) is 5. The van der Waals surface area contributed by atoms with Crippen molar-refractivity contribution in [3.8, 4) is 5.75 Å². The molecule has 1 aliphatic carbocycles. The Kier molecular flexibility index (Phi) is 4.71. The number of Topliss-reactive ketones (excluding diaryl/α,β-unsaturated/α-hetero) is 1.